The normalized spacial score (nSPS) is 15.0. The van der Waals surface area contributed by atoms with Gasteiger partial charge in [-0.15, -0.1) is 5.10 Å². The zero-order valence-electron chi connectivity index (χ0n) is 10.3. The minimum atomic E-state index is -0.167. The molecule has 1 N–H and O–H groups in total. The number of likely N-dealkylation sites (tertiary alicyclic amines) is 1. The van der Waals surface area contributed by atoms with Gasteiger partial charge < -0.3 is 10.2 Å². The maximum absolute atomic E-state index is 12.0. The van der Waals surface area contributed by atoms with Crippen molar-refractivity contribution in [3.8, 4) is 0 Å². The molecule has 1 aromatic carbocycles. The summed E-state index contributed by atoms with van der Waals surface area (Å²) in [5.74, 6) is 0. The molecule has 0 atom stereocenters. The molecule has 2 heterocycles. The second-order valence-electron chi connectivity index (χ2n) is 4.50. The average Bonchev–Trinajstić information content (AvgIpc) is 2.86. The number of nitrogens with one attached hydrogen (secondary N) is 1. The third-order valence-corrected chi connectivity index (χ3v) is 3.87. The van der Waals surface area contributed by atoms with Gasteiger partial charge in [-0.3, -0.25) is 0 Å². The van der Waals surface area contributed by atoms with E-state index in [1.54, 1.807) is 40.2 Å². The molecule has 104 valence electrons. The van der Waals surface area contributed by atoms with Crippen molar-refractivity contribution in [2.45, 2.75) is 6.04 Å². The minimum absolute atomic E-state index is 0.167. The van der Waals surface area contributed by atoms with Gasteiger partial charge in [0.05, 0.1) is 22.3 Å². The Morgan fingerprint density at radius 3 is 2.75 bits per heavy atom. The SMILES string of the molecule is O=C(Nc1ccc(Cl)c(Cl)c1)N1CC(n2ccnn2)C1. The molecule has 0 aliphatic carbocycles. The van der Waals surface area contributed by atoms with Crippen LogP contribution in [0.25, 0.3) is 0 Å². The van der Waals surface area contributed by atoms with E-state index >= 15 is 0 Å². The van der Waals surface area contributed by atoms with Gasteiger partial charge in [0.1, 0.15) is 0 Å². The van der Waals surface area contributed by atoms with Crippen LogP contribution in [0, 0.1) is 0 Å². The molecule has 1 fully saturated rings. The van der Waals surface area contributed by atoms with E-state index in [0.29, 0.717) is 28.8 Å². The highest BCUT2D eigenvalue weighted by molar-refractivity contribution is 6.42. The highest BCUT2D eigenvalue weighted by Gasteiger charge is 2.32. The fourth-order valence-electron chi connectivity index (χ4n) is 1.98. The molecule has 0 radical (unpaired) electrons. The quantitative estimate of drug-likeness (QED) is 0.927. The monoisotopic (exact) mass is 311 g/mol. The van der Waals surface area contributed by atoms with Crippen molar-refractivity contribution >= 4 is 34.9 Å². The lowest BCUT2D eigenvalue weighted by Gasteiger charge is -2.38. The summed E-state index contributed by atoms with van der Waals surface area (Å²) in [5, 5.41) is 11.3. The van der Waals surface area contributed by atoms with Gasteiger partial charge >= 0.3 is 6.03 Å². The number of aromatic nitrogens is 3. The first kappa shape index (κ1) is 13.2. The highest BCUT2D eigenvalue weighted by atomic mass is 35.5. The number of amides is 2. The Kier molecular flexibility index (Phi) is 3.50. The number of carbonyl (C=O) groups excluding carboxylic acids is 1. The minimum Gasteiger partial charge on any atom is -0.320 e. The van der Waals surface area contributed by atoms with Crippen LogP contribution in [-0.2, 0) is 0 Å². The Bertz CT molecular complexity index is 625. The summed E-state index contributed by atoms with van der Waals surface area (Å²) in [5.41, 5.74) is 0.619. The van der Waals surface area contributed by atoms with Gasteiger partial charge in [-0.25, -0.2) is 9.48 Å². The lowest BCUT2D eigenvalue weighted by atomic mass is 10.1. The lowest BCUT2D eigenvalue weighted by Crippen LogP contribution is -2.52. The summed E-state index contributed by atoms with van der Waals surface area (Å²) >= 11 is 11.7. The number of hydrogen-bond acceptors (Lipinski definition) is 3. The molecule has 0 bridgehead atoms. The molecule has 6 nitrogen and oxygen atoms in total. The molecule has 20 heavy (non-hydrogen) atoms. The molecule has 0 unspecified atom stereocenters. The van der Waals surface area contributed by atoms with E-state index in [1.807, 2.05) is 0 Å². The summed E-state index contributed by atoms with van der Waals surface area (Å²) in [6.45, 7) is 1.22. The second-order valence-corrected chi connectivity index (χ2v) is 5.32. The number of rotatable bonds is 2. The van der Waals surface area contributed by atoms with Gasteiger partial charge in [0.25, 0.3) is 0 Å². The van der Waals surface area contributed by atoms with Crippen LogP contribution in [0.15, 0.2) is 30.6 Å². The van der Waals surface area contributed by atoms with E-state index in [0.717, 1.165) is 0 Å². The molecule has 3 rings (SSSR count). The Balaban J connectivity index is 1.57. The van der Waals surface area contributed by atoms with Gasteiger partial charge in [0.2, 0.25) is 0 Å². The van der Waals surface area contributed by atoms with Crippen molar-refractivity contribution in [2.24, 2.45) is 0 Å². The van der Waals surface area contributed by atoms with Gasteiger partial charge in [0.15, 0.2) is 0 Å². The van der Waals surface area contributed by atoms with Crippen LogP contribution in [0.1, 0.15) is 6.04 Å². The predicted octanol–water partition coefficient (Wildman–Crippen LogP) is 2.67. The number of nitrogens with zero attached hydrogens (tertiary/aromatic N) is 4. The first-order valence-corrected chi connectivity index (χ1v) is 6.76. The number of benzene rings is 1. The fourth-order valence-corrected chi connectivity index (χ4v) is 2.28. The molecule has 1 aromatic heterocycles. The van der Waals surface area contributed by atoms with Crippen molar-refractivity contribution in [1.82, 2.24) is 19.9 Å². The van der Waals surface area contributed by atoms with Crippen LogP contribution in [0.3, 0.4) is 0 Å². The average molecular weight is 312 g/mol. The maximum Gasteiger partial charge on any atom is 0.321 e. The number of hydrogen-bond donors (Lipinski definition) is 1. The topological polar surface area (TPSA) is 63.1 Å². The molecular weight excluding hydrogens is 301 g/mol. The third kappa shape index (κ3) is 2.57. The summed E-state index contributed by atoms with van der Waals surface area (Å²) in [7, 11) is 0. The summed E-state index contributed by atoms with van der Waals surface area (Å²) < 4.78 is 1.75. The van der Waals surface area contributed by atoms with E-state index in [1.165, 1.54) is 0 Å². The van der Waals surface area contributed by atoms with Crippen LogP contribution < -0.4 is 5.32 Å². The maximum atomic E-state index is 12.0. The van der Waals surface area contributed by atoms with Gasteiger partial charge in [-0.1, -0.05) is 28.4 Å². The first-order valence-electron chi connectivity index (χ1n) is 6.00. The van der Waals surface area contributed by atoms with Crippen molar-refractivity contribution in [3.05, 3.63) is 40.6 Å². The summed E-state index contributed by atoms with van der Waals surface area (Å²) in [4.78, 5) is 13.7. The molecular formula is C12H11Cl2N5O. The number of anilines is 1. The molecule has 0 spiro atoms. The predicted molar refractivity (Wildman–Crippen MR) is 76.1 cm³/mol. The Labute approximate surface area is 125 Å². The van der Waals surface area contributed by atoms with Crippen LogP contribution in [0.2, 0.25) is 10.0 Å². The van der Waals surface area contributed by atoms with Crippen LogP contribution >= 0.6 is 23.2 Å². The molecule has 8 heteroatoms. The fraction of sp³-hybridized carbons (Fsp3) is 0.250. The van der Waals surface area contributed by atoms with E-state index in [9.17, 15) is 4.79 Å². The Morgan fingerprint density at radius 1 is 1.30 bits per heavy atom. The van der Waals surface area contributed by atoms with Crippen molar-refractivity contribution in [3.63, 3.8) is 0 Å². The summed E-state index contributed by atoms with van der Waals surface area (Å²) in [6, 6.07) is 5.00. The number of urea groups is 1. The van der Waals surface area contributed by atoms with Crippen molar-refractivity contribution in [2.75, 3.05) is 18.4 Å². The molecule has 2 amide bonds. The van der Waals surface area contributed by atoms with Gasteiger partial charge in [-0.05, 0) is 18.2 Å². The molecule has 2 aromatic rings. The van der Waals surface area contributed by atoms with Crippen LogP contribution in [0.4, 0.5) is 10.5 Å². The molecule has 0 saturated carbocycles. The van der Waals surface area contributed by atoms with Crippen LogP contribution in [-0.4, -0.2) is 39.0 Å². The molecule has 1 aliphatic rings. The standard InChI is InChI=1S/C12H11Cl2N5O/c13-10-2-1-8(5-11(10)14)16-12(20)18-6-9(7-18)19-4-3-15-17-19/h1-5,9H,6-7H2,(H,16,20). The smallest absolute Gasteiger partial charge is 0.320 e. The zero-order chi connectivity index (χ0) is 14.1. The lowest BCUT2D eigenvalue weighted by molar-refractivity contribution is 0.127. The van der Waals surface area contributed by atoms with E-state index < -0.39 is 0 Å². The van der Waals surface area contributed by atoms with Crippen LogP contribution in [0.5, 0.6) is 0 Å². The van der Waals surface area contributed by atoms with E-state index in [2.05, 4.69) is 15.6 Å². The Morgan fingerprint density at radius 2 is 2.10 bits per heavy atom. The largest absolute Gasteiger partial charge is 0.321 e. The third-order valence-electron chi connectivity index (χ3n) is 3.14. The van der Waals surface area contributed by atoms with Gasteiger partial charge in [0, 0.05) is 25.0 Å². The highest BCUT2D eigenvalue weighted by Crippen LogP contribution is 2.26. The van der Waals surface area contributed by atoms with Gasteiger partial charge in [-0.2, -0.15) is 0 Å². The number of halogens is 2. The van der Waals surface area contributed by atoms with Crippen molar-refractivity contribution in [1.29, 1.82) is 0 Å². The molecule has 1 aliphatic heterocycles. The zero-order valence-corrected chi connectivity index (χ0v) is 11.8. The van der Waals surface area contributed by atoms with E-state index in [4.69, 9.17) is 23.2 Å². The van der Waals surface area contributed by atoms with Crippen molar-refractivity contribution < 1.29 is 4.79 Å². The first-order chi connectivity index (χ1) is 9.63. The second kappa shape index (κ2) is 5.30. The van der Waals surface area contributed by atoms with E-state index in [-0.39, 0.29) is 12.1 Å². The number of carbonyl (C=O) groups is 1. The summed E-state index contributed by atoms with van der Waals surface area (Å²) in [6.07, 6.45) is 3.41. The Hall–Kier alpha value is -1.79. The molecule has 1 saturated heterocycles.